The Morgan fingerprint density at radius 2 is 1.52 bits per heavy atom. The molecule has 170 valence electrons. The summed E-state index contributed by atoms with van der Waals surface area (Å²) < 4.78 is 2.47. The summed E-state index contributed by atoms with van der Waals surface area (Å²) in [6.45, 7) is 22.1. The first-order chi connectivity index (χ1) is 14.6. The predicted molar refractivity (Wildman–Crippen MR) is 139 cm³/mol. The molecule has 0 saturated carbocycles. The summed E-state index contributed by atoms with van der Waals surface area (Å²) in [6, 6.07) is 14.1. The van der Waals surface area contributed by atoms with E-state index in [0.29, 0.717) is 6.04 Å². The van der Waals surface area contributed by atoms with Crippen LogP contribution in [0.5, 0.6) is 0 Å². The second-order valence-electron chi connectivity index (χ2n) is 9.68. The predicted octanol–water partition coefficient (Wildman–Crippen LogP) is 7.55. The molecule has 2 heteroatoms. The van der Waals surface area contributed by atoms with E-state index in [4.69, 9.17) is 0 Å². The third-order valence-electron chi connectivity index (χ3n) is 7.24. The third kappa shape index (κ3) is 3.95. The lowest BCUT2D eigenvalue weighted by Gasteiger charge is -2.33. The van der Waals surface area contributed by atoms with Gasteiger partial charge >= 0.3 is 0 Å². The van der Waals surface area contributed by atoms with E-state index in [9.17, 15) is 0 Å². The summed E-state index contributed by atoms with van der Waals surface area (Å²) in [5.41, 5.74) is 10.2. The lowest BCUT2D eigenvalue weighted by atomic mass is 9.73. The Kier molecular flexibility index (Phi) is 7.46. The van der Waals surface area contributed by atoms with Gasteiger partial charge in [0, 0.05) is 35.8 Å². The number of hydrogen-bond donors (Lipinski definition) is 0. The first kappa shape index (κ1) is 25.2. The van der Waals surface area contributed by atoms with E-state index in [1.54, 1.807) is 0 Å². The molecule has 2 aliphatic rings. The quantitative estimate of drug-likeness (QED) is 0.454. The Hall–Kier alpha value is -2.09. The van der Waals surface area contributed by atoms with Gasteiger partial charge in [-0.25, -0.2) is 4.58 Å². The standard InChI is InChI=1S/C25H33N2.2C2H6/c1-16-13-17(2)23-20(14-16)27(8)22(25(23,5)6)15-21-24(3,4)18-11-9-10-12-19(18)26(21)7;2*1-2/h9-14,21H,15H2,1-8H3;2*1-2H3/q+1;;. The van der Waals surface area contributed by atoms with Gasteiger partial charge in [-0.15, -0.1) is 0 Å². The number of aryl methyl sites for hydroxylation is 2. The van der Waals surface area contributed by atoms with E-state index in [0.717, 1.165) is 6.42 Å². The fourth-order valence-electron chi connectivity index (χ4n) is 5.86. The van der Waals surface area contributed by atoms with Gasteiger partial charge < -0.3 is 4.90 Å². The van der Waals surface area contributed by atoms with E-state index in [1.165, 1.54) is 39.3 Å². The molecular formula is C29H45N2+. The van der Waals surface area contributed by atoms with E-state index in [2.05, 4.69) is 102 Å². The number of anilines is 1. The van der Waals surface area contributed by atoms with Crippen molar-refractivity contribution < 1.29 is 4.58 Å². The Morgan fingerprint density at radius 1 is 0.935 bits per heavy atom. The Balaban J connectivity index is 0.000000807. The molecule has 0 spiro atoms. The smallest absolute Gasteiger partial charge is 0.209 e. The lowest BCUT2D eigenvalue weighted by Crippen LogP contribution is -2.44. The van der Waals surface area contributed by atoms with Gasteiger partial charge in [-0.05, 0) is 50.5 Å². The SMILES string of the molecule is CC.CC.Cc1cc(C)c2c(c1)[N+](C)=C(CC1N(C)c3ccccc3C1(C)C)C2(C)C. The minimum absolute atomic E-state index is 0.0631. The van der Waals surface area contributed by atoms with Crippen LogP contribution in [-0.2, 0) is 10.8 Å². The minimum Gasteiger partial charge on any atom is -0.370 e. The van der Waals surface area contributed by atoms with Crippen LogP contribution >= 0.6 is 0 Å². The van der Waals surface area contributed by atoms with Crippen LogP contribution in [0.25, 0.3) is 0 Å². The first-order valence-electron chi connectivity index (χ1n) is 12.1. The van der Waals surface area contributed by atoms with Crippen molar-refractivity contribution in [3.8, 4) is 0 Å². The lowest BCUT2D eigenvalue weighted by molar-refractivity contribution is -0.404. The van der Waals surface area contributed by atoms with Gasteiger partial charge in [0.25, 0.3) is 0 Å². The van der Waals surface area contributed by atoms with Crippen LogP contribution in [0.2, 0.25) is 0 Å². The van der Waals surface area contributed by atoms with E-state index < -0.39 is 0 Å². The number of benzene rings is 2. The molecule has 1 unspecified atom stereocenters. The van der Waals surface area contributed by atoms with Crippen LogP contribution in [0.3, 0.4) is 0 Å². The van der Waals surface area contributed by atoms with Gasteiger partial charge in [-0.1, -0.05) is 65.8 Å². The largest absolute Gasteiger partial charge is 0.370 e. The second-order valence-corrected chi connectivity index (χ2v) is 9.68. The number of para-hydroxylation sites is 1. The van der Waals surface area contributed by atoms with Crippen LogP contribution in [0, 0.1) is 13.8 Å². The van der Waals surface area contributed by atoms with Crippen LogP contribution in [-0.4, -0.2) is 30.4 Å². The molecule has 2 heterocycles. The Labute approximate surface area is 192 Å². The first-order valence-corrected chi connectivity index (χ1v) is 12.1. The van der Waals surface area contributed by atoms with Crippen molar-refractivity contribution in [1.82, 2.24) is 0 Å². The number of fused-ring (bicyclic) bond motifs is 2. The maximum atomic E-state index is 2.51. The van der Waals surface area contributed by atoms with Crippen LogP contribution in [0.15, 0.2) is 36.4 Å². The average Bonchev–Trinajstić information content (AvgIpc) is 3.05. The van der Waals surface area contributed by atoms with Gasteiger partial charge in [0.15, 0.2) is 5.71 Å². The molecule has 2 aromatic rings. The van der Waals surface area contributed by atoms with E-state index in [1.807, 2.05) is 27.7 Å². The monoisotopic (exact) mass is 421 g/mol. The molecule has 0 fully saturated rings. The molecule has 2 aliphatic heterocycles. The van der Waals surface area contributed by atoms with Crippen LogP contribution in [0.4, 0.5) is 11.4 Å². The van der Waals surface area contributed by atoms with E-state index in [-0.39, 0.29) is 10.8 Å². The molecular weight excluding hydrogens is 376 g/mol. The summed E-state index contributed by atoms with van der Waals surface area (Å²) in [7, 11) is 4.53. The number of nitrogens with zero attached hydrogens (tertiary/aromatic N) is 2. The summed E-state index contributed by atoms with van der Waals surface area (Å²) >= 11 is 0. The van der Waals surface area contributed by atoms with E-state index >= 15 is 0 Å². The fourth-order valence-corrected chi connectivity index (χ4v) is 5.86. The molecule has 2 nitrogen and oxygen atoms in total. The molecule has 0 aromatic heterocycles. The van der Waals surface area contributed by atoms with Crippen LogP contribution in [0.1, 0.15) is 84.1 Å². The van der Waals surface area contributed by atoms with Crippen molar-refractivity contribution in [3.05, 3.63) is 58.7 Å². The fraction of sp³-hybridized carbons (Fsp3) is 0.552. The molecule has 1 atom stereocenters. The van der Waals surface area contributed by atoms with Crippen molar-refractivity contribution >= 4 is 17.1 Å². The summed E-state index contributed by atoms with van der Waals surface area (Å²) in [4.78, 5) is 2.51. The molecule has 31 heavy (non-hydrogen) atoms. The molecule has 2 aromatic carbocycles. The summed E-state index contributed by atoms with van der Waals surface area (Å²) in [5, 5.41) is 0. The Bertz CT molecular complexity index is 963. The third-order valence-corrected chi connectivity index (χ3v) is 7.24. The maximum absolute atomic E-state index is 2.51. The molecule has 4 rings (SSSR count). The van der Waals surface area contributed by atoms with Gasteiger partial charge in [0.2, 0.25) is 5.69 Å². The van der Waals surface area contributed by atoms with Gasteiger partial charge in [0.05, 0.1) is 11.8 Å². The van der Waals surface area contributed by atoms with Gasteiger partial charge in [0.1, 0.15) is 7.05 Å². The second kappa shape index (κ2) is 9.18. The zero-order valence-electron chi connectivity index (χ0n) is 22.1. The number of hydrogen-bond acceptors (Lipinski definition) is 1. The highest BCUT2D eigenvalue weighted by atomic mass is 15.2. The zero-order chi connectivity index (χ0) is 23.7. The molecule has 0 bridgehead atoms. The normalized spacial score (nSPS) is 19.7. The maximum Gasteiger partial charge on any atom is 0.209 e. The molecule has 0 radical (unpaired) electrons. The minimum atomic E-state index is 0.0631. The highest BCUT2D eigenvalue weighted by Crippen LogP contribution is 2.48. The number of rotatable bonds is 2. The highest BCUT2D eigenvalue weighted by Gasteiger charge is 2.50. The van der Waals surface area contributed by atoms with Crippen molar-refractivity contribution in [2.24, 2.45) is 0 Å². The van der Waals surface area contributed by atoms with Crippen LogP contribution < -0.4 is 4.90 Å². The van der Waals surface area contributed by atoms with Crippen molar-refractivity contribution in [3.63, 3.8) is 0 Å². The zero-order valence-corrected chi connectivity index (χ0v) is 22.1. The summed E-state index contributed by atoms with van der Waals surface area (Å²) in [5.74, 6) is 0. The average molecular weight is 422 g/mol. The molecule has 0 saturated heterocycles. The van der Waals surface area contributed by atoms with Crippen molar-refractivity contribution in [2.45, 2.75) is 92.5 Å². The summed E-state index contributed by atoms with van der Waals surface area (Å²) in [6.07, 6.45) is 1.08. The van der Waals surface area contributed by atoms with Crippen molar-refractivity contribution in [1.29, 1.82) is 0 Å². The molecule has 0 aliphatic carbocycles. The highest BCUT2D eigenvalue weighted by molar-refractivity contribution is 5.96. The molecule has 0 amide bonds. The van der Waals surface area contributed by atoms with Crippen molar-refractivity contribution in [2.75, 3.05) is 19.0 Å². The topological polar surface area (TPSA) is 6.25 Å². The Morgan fingerprint density at radius 3 is 2.10 bits per heavy atom. The van der Waals surface area contributed by atoms with Gasteiger partial charge in [-0.2, -0.15) is 0 Å². The molecule has 0 N–H and O–H groups in total. The number of likely N-dealkylation sites (N-methyl/N-ethyl adjacent to an activating group) is 1. The van der Waals surface area contributed by atoms with Gasteiger partial charge in [-0.3, -0.25) is 0 Å².